The first-order chi connectivity index (χ1) is 17.2. The van der Waals surface area contributed by atoms with Gasteiger partial charge in [0.05, 0.1) is 19.2 Å². The van der Waals surface area contributed by atoms with Crippen molar-refractivity contribution >= 4 is 27.6 Å². The summed E-state index contributed by atoms with van der Waals surface area (Å²) in [5.41, 5.74) is 0.282. The fraction of sp³-hybridized carbons (Fsp3) is 0.524. The molecule has 1 aliphatic carbocycles. The molecule has 15 heteroatoms. The van der Waals surface area contributed by atoms with Gasteiger partial charge in [0, 0.05) is 25.4 Å². The molecule has 3 aromatic rings. The topological polar surface area (TPSA) is 156 Å². The minimum absolute atomic E-state index is 0.0167. The SMILES string of the molecule is COc1ncnc(OC)c1-n1c(NS(=O)(=O)[C@@H](C)[C@H](OC)c2ncc(Cl)cn2)nnc1[C@@H](C)C1CC1. The van der Waals surface area contributed by atoms with E-state index < -0.39 is 21.4 Å². The third kappa shape index (κ3) is 5.06. The lowest BCUT2D eigenvalue weighted by Gasteiger charge is -2.23. The van der Waals surface area contributed by atoms with Crippen LogP contribution in [0.15, 0.2) is 18.7 Å². The number of rotatable bonds is 11. The zero-order valence-electron chi connectivity index (χ0n) is 20.4. The molecule has 1 aliphatic rings. The lowest BCUT2D eigenvalue weighted by molar-refractivity contribution is 0.0950. The molecule has 3 atom stereocenters. The van der Waals surface area contributed by atoms with Crippen LogP contribution in [-0.4, -0.2) is 69.7 Å². The highest BCUT2D eigenvalue weighted by atomic mass is 35.5. The zero-order valence-corrected chi connectivity index (χ0v) is 22.0. The fourth-order valence-electron chi connectivity index (χ4n) is 3.88. The first-order valence-electron chi connectivity index (χ1n) is 11.1. The monoisotopic (exact) mass is 538 g/mol. The van der Waals surface area contributed by atoms with Gasteiger partial charge in [0.25, 0.3) is 0 Å². The van der Waals surface area contributed by atoms with Crippen LogP contribution in [-0.2, 0) is 14.8 Å². The second kappa shape index (κ2) is 10.5. The molecule has 4 rings (SSSR count). The van der Waals surface area contributed by atoms with Gasteiger partial charge in [-0.1, -0.05) is 18.5 Å². The average Bonchev–Trinajstić information content (AvgIpc) is 3.65. The maximum Gasteiger partial charge on any atom is 0.245 e. The van der Waals surface area contributed by atoms with Crippen LogP contribution >= 0.6 is 11.6 Å². The molecular formula is C21H27ClN8O5S. The van der Waals surface area contributed by atoms with E-state index in [2.05, 4.69) is 34.9 Å². The Labute approximate surface area is 213 Å². The van der Waals surface area contributed by atoms with Gasteiger partial charge in [0.2, 0.25) is 27.7 Å². The molecule has 3 aromatic heterocycles. The van der Waals surface area contributed by atoms with Crippen molar-refractivity contribution in [3.8, 4) is 17.4 Å². The summed E-state index contributed by atoms with van der Waals surface area (Å²) < 4.78 is 47.4. The molecule has 0 spiro atoms. The highest BCUT2D eigenvalue weighted by Gasteiger charge is 2.38. The van der Waals surface area contributed by atoms with Crippen LogP contribution in [0.4, 0.5) is 5.95 Å². The Morgan fingerprint density at radius 1 is 1.03 bits per heavy atom. The lowest BCUT2D eigenvalue weighted by atomic mass is 10.1. The number of aromatic nitrogens is 7. The quantitative estimate of drug-likeness (QED) is 0.382. The minimum atomic E-state index is -4.10. The van der Waals surface area contributed by atoms with Crippen LogP contribution in [0.1, 0.15) is 50.4 Å². The van der Waals surface area contributed by atoms with E-state index in [9.17, 15) is 8.42 Å². The van der Waals surface area contributed by atoms with Crippen LogP contribution in [0.3, 0.4) is 0 Å². The largest absolute Gasteiger partial charge is 0.479 e. The van der Waals surface area contributed by atoms with Gasteiger partial charge in [0.15, 0.2) is 11.5 Å². The van der Waals surface area contributed by atoms with Crippen molar-refractivity contribution in [2.75, 3.05) is 26.1 Å². The predicted octanol–water partition coefficient (Wildman–Crippen LogP) is 2.55. The Bertz CT molecular complexity index is 1290. The van der Waals surface area contributed by atoms with Gasteiger partial charge in [-0.2, -0.15) is 9.97 Å². The normalized spacial score (nSPS) is 16.3. The van der Waals surface area contributed by atoms with Crippen LogP contribution in [0.2, 0.25) is 5.02 Å². The van der Waals surface area contributed by atoms with Crippen molar-refractivity contribution in [3.05, 3.63) is 35.4 Å². The summed E-state index contributed by atoms with van der Waals surface area (Å²) in [5.74, 6) is 1.35. The Hall–Kier alpha value is -3.10. The highest BCUT2D eigenvalue weighted by molar-refractivity contribution is 7.93. The summed E-state index contributed by atoms with van der Waals surface area (Å²) in [4.78, 5) is 16.6. The Balaban J connectivity index is 1.77. The van der Waals surface area contributed by atoms with Crippen LogP contribution in [0.5, 0.6) is 11.8 Å². The zero-order chi connectivity index (χ0) is 26.0. The summed E-state index contributed by atoms with van der Waals surface area (Å²) in [6, 6.07) is 0. The smallest absolute Gasteiger partial charge is 0.245 e. The second-order valence-corrected chi connectivity index (χ2v) is 10.8. The maximum atomic E-state index is 13.5. The average molecular weight is 539 g/mol. The van der Waals surface area contributed by atoms with Gasteiger partial charge in [0.1, 0.15) is 23.5 Å². The minimum Gasteiger partial charge on any atom is -0.479 e. The molecule has 36 heavy (non-hydrogen) atoms. The predicted molar refractivity (Wildman–Crippen MR) is 130 cm³/mol. The van der Waals surface area contributed by atoms with E-state index in [4.69, 9.17) is 25.8 Å². The summed E-state index contributed by atoms with van der Waals surface area (Å²) in [7, 11) is 0.166. The van der Waals surface area contributed by atoms with Gasteiger partial charge in [-0.25, -0.2) is 18.4 Å². The number of nitrogens with zero attached hydrogens (tertiary/aromatic N) is 7. The molecule has 1 saturated carbocycles. The van der Waals surface area contributed by atoms with Crippen LogP contribution in [0, 0.1) is 5.92 Å². The van der Waals surface area contributed by atoms with Crippen molar-refractivity contribution in [2.45, 2.75) is 44.0 Å². The lowest BCUT2D eigenvalue weighted by Crippen LogP contribution is -2.33. The van der Waals surface area contributed by atoms with Gasteiger partial charge in [-0.05, 0) is 25.7 Å². The van der Waals surface area contributed by atoms with E-state index in [-0.39, 0.29) is 35.1 Å². The molecule has 0 radical (unpaired) electrons. The second-order valence-electron chi connectivity index (χ2n) is 8.35. The third-order valence-electron chi connectivity index (χ3n) is 6.09. The summed E-state index contributed by atoms with van der Waals surface area (Å²) in [6.45, 7) is 3.50. The fourth-order valence-corrected chi connectivity index (χ4v) is 5.11. The molecule has 13 nitrogen and oxygen atoms in total. The summed E-state index contributed by atoms with van der Waals surface area (Å²) in [6.07, 6.45) is 5.14. The van der Waals surface area contributed by atoms with Gasteiger partial charge in [-0.3, -0.25) is 9.29 Å². The van der Waals surface area contributed by atoms with Gasteiger partial charge in [-0.15, -0.1) is 10.2 Å². The molecule has 3 heterocycles. The first-order valence-corrected chi connectivity index (χ1v) is 13.0. The number of sulfonamides is 1. The van der Waals surface area contributed by atoms with E-state index in [1.54, 1.807) is 0 Å². The molecule has 1 N–H and O–H groups in total. The maximum absolute atomic E-state index is 13.5. The van der Waals surface area contributed by atoms with E-state index >= 15 is 0 Å². The number of hydrogen-bond acceptors (Lipinski definition) is 11. The number of anilines is 1. The van der Waals surface area contributed by atoms with Crippen LogP contribution < -0.4 is 14.2 Å². The number of methoxy groups -OCH3 is 3. The molecule has 194 valence electrons. The van der Waals surface area contributed by atoms with E-state index in [1.807, 2.05) is 6.92 Å². The van der Waals surface area contributed by atoms with Crippen LogP contribution in [0.25, 0.3) is 5.69 Å². The van der Waals surface area contributed by atoms with Crippen molar-refractivity contribution < 1.29 is 22.6 Å². The molecule has 0 bridgehead atoms. The molecule has 0 aliphatic heterocycles. The number of halogens is 1. The summed E-state index contributed by atoms with van der Waals surface area (Å²) in [5, 5.41) is 7.71. The number of nitrogens with one attached hydrogen (secondary N) is 1. The van der Waals surface area contributed by atoms with Gasteiger partial charge >= 0.3 is 0 Å². The van der Waals surface area contributed by atoms with Crippen molar-refractivity contribution in [1.29, 1.82) is 0 Å². The molecule has 0 unspecified atom stereocenters. The number of hydrogen-bond donors (Lipinski definition) is 1. The van der Waals surface area contributed by atoms with E-state index in [0.717, 1.165) is 12.8 Å². The Kier molecular flexibility index (Phi) is 7.57. The summed E-state index contributed by atoms with van der Waals surface area (Å²) >= 11 is 5.87. The standard InChI is InChI=1S/C21H27ClN8O5S/c1-11(13-6-7-13)18-27-28-21(30(18)15-19(34-4)25-10-26-20(15)35-5)29-36(31,32)12(2)16(33-3)17-23-8-14(22)9-24-17/h8-13,16H,6-7H2,1-5H3,(H,28,29)/t11-,12-,16-/m0/s1. The van der Waals surface area contributed by atoms with E-state index in [1.165, 1.54) is 51.5 Å². The third-order valence-corrected chi connectivity index (χ3v) is 7.98. The molecule has 0 aromatic carbocycles. The van der Waals surface area contributed by atoms with Gasteiger partial charge < -0.3 is 14.2 Å². The molecular weight excluding hydrogens is 512 g/mol. The Morgan fingerprint density at radius 3 is 2.17 bits per heavy atom. The van der Waals surface area contributed by atoms with Crippen molar-refractivity contribution in [2.24, 2.45) is 5.92 Å². The molecule has 0 saturated heterocycles. The van der Waals surface area contributed by atoms with Crippen molar-refractivity contribution in [1.82, 2.24) is 34.7 Å². The Morgan fingerprint density at radius 2 is 1.64 bits per heavy atom. The molecule has 1 fully saturated rings. The first kappa shape index (κ1) is 26.0. The number of ether oxygens (including phenoxy) is 3. The highest BCUT2D eigenvalue weighted by Crippen LogP contribution is 2.44. The van der Waals surface area contributed by atoms with Crippen molar-refractivity contribution in [3.63, 3.8) is 0 Å². The molecule has 0 amide bonds. The van der Waals surface area contributed by atoms with E-state index in [0.29, 0.717) is 16.8 Å².